The lowest BCUT2D eigenvalue weighted by Gasteiger charge is -2.19. The van der Waals surface area contributed by atoms with E-state index in [1.165, 1.54) is 26.8 Å². The van der Waals surface area contributed by atoms with Crippen LogP contribution in [0.25, 0.3) is 0 Å². The fourth-order valence-electron chi connectivity index (χ4n) is 1.42. The Hall–Kier alpha value is -2.37. The summed E-state index contributed by atoms with van der Waals surface area (Å²) in [7, 11) is 0. The number of carbonyl (C=O) groups excluding carboxylic acids is 2. The van der Waals surface area contributed by atoms with Crippen molar-refractivity contribution in [2.45, 2.75) is 20.8 Å². The first-order chi connectivity index (χ1) is 9.22. The number of carbonyl (C=O) groups is 3. The van der Waals surface area contributed by atoms with E-state index in [4.69, 9.17) is 5.11 Å². The third-order valence-electron chi connectivity index (χ3n) is 2.71. The smallest absolute Gasteiger partial charge is 0.310 e. The van der Waals surface area contributed by atoms with Gasteiger partial charge in [-0.3, -0.25) is 14.4 Å². The van der Waals surface area contributed by atoms with Crippen LogP contribution in [0.1, 0.15) is 31.1 Å². The second-order valence-corrected chi connectivity index (χ2v) is 5.13. The first-order valence-corrected chi connectivity index (χ1v) is 6.11. The number of aliphatic carboxylic acids is 1. The van der Waals surface area contributed by atoms with Crippen molar-refractivity contribution in [3.8, 4) is 0 Å². The average molecular weight is 278 g/mol. The molecule has 1 aromatic rings. The zero-order valence-electron chi connectivity index (χ0n) is 11.7. The highest BCUT2D eigenvalue weighted by Gasteiger charge is 2.27. The van der Waals surface area contributed by atoms with Gasteiger partial charge < -0.3 is 15.7 Å². The fraction of sp³-hybridized carbons (Fsp3) is 0.357. The Labute approximate surface area is 117 Å². The standard InChI is InChI=1S/C14H18N2O4/c1-9(17)16-11-6-4-5-10(7-11)12(18)15-8-14(2,3)13(19)20/h4-7H,8H2,1-3H3,(H,15,18)(H,16,17)(H,19,20). The first-order valence-electron chi connectivity index (χ1n) is 6.11. The Morgan fingerprint density at radius 1 is 1.25 bits per heavy atom. The maximum atomic E-state index is 11.9. The van der Waals surface area contributed by atoms with Gasteiger partial charge in [0.1, 0.15) is 0 Å². The van der Waals surface area contributed by atoms with Crippen molar-refractivity contribution in [1.29, 1.82) is 0 Å². The molecule has 0 bridgehead atoms. The van der Waals surface area contributed by atoms with Gasteiger partial charge in [0.15, 0.2) is 0 Å². The molecular weight excluding hydrogens is 260 g/mol. The summed E-state index contributed by atoms with van der Waals surface area (Å²) in [6.45, 7) is 4.46. The highest BCUT2D eigenvalue weighted by atomic mass is 16.4. The quantitative estimate of drug-likeness (QED) is 0.760. The molecule has 20 heavy (non-hydrogen) atoms. The molecule has 1 aromatic carbocycles. The maximum Gasteiger partial charge on any atom is 0.310 e. The van der Waals surface area contributed by atoms with Gasteiger partial charge in [0.05, 0.1) is 5.41 Å². The number of carboxylic acids is 1. The number of nitrogens with one attached hydrogen (secondary N) is 2. The number of benzene rings is 1. The molecule has 0 heterocycles. The molecule has 0 saturated carbocycles. The Bertz CT molecular complexity index is 538. The molecule has 0 unspecified atom stereocenters. The lowest BCUT2D eigenvalue weighted by molar-refractivity contribution is -0.146. The predicted molar refractivity (Wildman–Crippen MR) is 74.5 cm³/mol. The van der Waals surface area contributed by atoms with Crippen LogP contribution in [-0.4, -0.2) is 29.4 Å². The van der Waals surface area contributed by atoms with Crippen LogP contribution in [0.15, 0.2) is 24.3 Å². The molecule has 1 rings (SSSR count). The van der Waals surface area contributed by atoms with Crippen molar-refractivity contribution in [3.63, 3.8) is 0 Å². The monoisotopic (exact) mass is 278 g/mol. The number of rotatable bonds is 5. The van der Waals surface area contributed by atoms with Crippen molar-refractivity contribution < 1.29 is 19.5 Å². The molecule has 108 valence electrons. The van der Waals surface area contributed by atoms with Gasteiger partial charge in [-0.05, 0) is 32.0 Å². The summed E-state index contributed by atoms with van der Waals surface area (Å²) in [6.07, 6.45) is 0. The van der Waals surface area contributed by atoms with Gasteiger partial charge in [0.2, 0.25) is 5.91 Å². The molecule has 0 saturated heterocycles. The summed E-state index contributed by atoms with van der Waals surface area (Å²) in [5, 5.41) is 14.1. The summed E-state index contributed by atoms with van der Waals surface area (Å²) in [4.78, 5) is 33.8. The van der Waals surface area contributed by atoms with Crippen molar-refractivity contribution >= 4 is 23.5 Å². The Morgan fingerprint density at radius 3 is 2.45 bits per heavy atom. The largest absolute Gasteiger partial charge is 0.481 e. The van der Waals surface area contributed by atoms with Crippen molar-refractivity contribution in [2.24, 2.45) is 5.41 Å². The normalized spacial score (nSPS) is 10.8. The number of amides is 2. The van der Waals surface area contributed by atoms with E-state index < -0.39 is 11.4 Å². The van der Waals surface area contributed by atoms with Crippen molar-refractivity contribution in [2.75, 3.05) is 11.9 Å². The van der Waals surface area contributed by atoms with Crippen LogP contribution in [0.5, 0.6) is 0 Å². The lowest BCUT2D eigenvalue weighted by atomic mass is 9.94. The van der Waals surface area contributed by atoms with Crippen LogP contribution >= 0.6 is 0 Å². The zero-order chi connectivity index (χ0) is 15.3. The maximum absolute atomic E-state index is 11.9. The fourth-order valence-corrected chi connectivity index (χ4v) is 1.42. The summed E-state index contributed by atoms with van der Waals surface area (Å²) in [5.74, 6) is -1.59. The molecular formula is C14H18N2O4. The highest BCUT2D eigenvalue weighted by Crippen LogP contribution is 2.14. The van der Waals surface area contributed by atoms with Gasteiger partial charge in [-0.25, -0.2) is 0 Å². The van der Waals surface area contributed by atoms with Crippen LogP contribution in [-0.2, 0) is 9.59 Å². The van der Waals surface area contributed by atoms with Crippen LogP contribution in [0, 0.1) is 5.41 Å². The molecule has 3 N–H and O–H groups in total. The van der Waals surface area contributed by atoms with Crippen LogP contribution < -0.4 is 10.6 Å². The lowest BCUT2D eigenvalue weighted by Crippen LogP contribution is -2.38. The average Bonchev–Trinajstić information content (AvgIpc) is 2.35. The van der Waals surface area contributed by atoms with Crippen LogP contribution in [0.4, 0.5) is 5.69 Å². The van der Waals surface area contributed by atoms with Crippen LogP contribution in [0.3, 0.4) is 0 Å². The summed E-state index contributed by atoms with van der Waals surface area (Å²) in [6, 6.07) is 6.43. The SMILES string of the molecule is CC(=O)Nc1cccc(C(=O)NCC(C)(C)C(=O)O)c1. The second-order valence-electron chi connectivity index (χ2n) is 5.13. The van der Waals surface area contributed by atoms with Gasteiger partial charge >= 0.3 is 5.97 Å². The number of carboxylic acid groups (broad SMARTS) is 1. The van der Waals surface area contributed by atoms with Crippen molar-refractivity contribution in [1.82, 2.24) is 5.32 Å². The Kier molecular flexibility index (Phi) is 4.85. The van der Waals surface area contributed by atoms with E-state index in [1.54, 1.807) is 18.2 Å². The van der Waals surface area contributed by atoms with E-state index in [0.717, 1.165) is 0 Å². The summed E-state index contributed by atoms with van der Waals surface area (Å²) in [5.41, 5.74) is -0.162. The van der Waals surface area contributed by atoms with Gasteiger partial charge in [-0.2, -0.15) is 0 Å². The van der Waals surface area contributed by atoms with Gasteiger partial charge in [0, 0.05) is 24.7 Å². The highest BCUT2D eigenvalue weighted by molar-refractivity contribution is 5.97. The second kappa shape index (κ2) is 6.18. The molecule has 2 amide bonds. The van der Waals surface area contributed by atoms with E-state index in [9.17, 15) is 14.4 Å². The Balaban J connectivity index is 2.73. The van der Waals surface area contributed by atoms with E-state index >= 15 is 0 Å². The van der Waals surface area contributed by atoms with E-state index in [-0.39, 0.29) is 18.4 Å². The van der Waals surface area contributed by atoms with Gasteiger partial charge in [0.25, 0.3) is 5.91 Å². The number of hydrogen-bond acceptors (Lipinski definition) is 3. The van der Waals surface area contributed by atoms with E-state index in [2.05, 4.69) is 10.6 Å². The van der Waals surface area contributed by atoms with Crippen molar-refractivity contribution in [3.05, 3.63) is 29.8 Å². The minimum Gasteiger partial charge on any atom is -0.481 e. The third kappa shape index (κ3) is 4.38. The topological polar surface area (TPSA) is 95.5 Å². The van der Waals surface area contributed by atoms with Gasteiger partial charge in [-0.15, -0.1) is 0 Å². The minimum atomic E-state index is -1.04. The van der Waals surface area contributed by atoms with Gasteiger partial charge in [-0.1, -0.05) is 6.07 Å². The first kappa shape index (κ1) is 15.7. The summed E-state index contributed by atoms with van der Waals surface area (Å²) < 4.78 is 0. The van der Waals surface area contributed by atoms with E-state index in [0.29, 0.717) is 11.3 Å². The molecule has 0 radical (unpaired) electrons. The predicted octanol–water partition coefficient (Wildman–Crippen LogP) is 1.49. The Morgan fingerprint density at radius 2 is 1.90 bits per heavy atom. The summed E-state index contributed by atoms with van der Waals surface area (Å²) >= 11 is 0. The molecule has 0 aromatic heterocycles. The molecule has 0 atom stereocenters. The zero-order valence-corrected chi connectivity index (χ0v) is 11.7. The number of anilines is 1. The number of hydrogen-bond donors (Lipinski definition) is 3. The molecule has 0 fully saturated rings. The molecule has 0 aliphatic heterocycles. The van der Waals surface area contributed by atoms with Crippen LogP contribution in [0.2, 0.25) is 0 Å². The molecule has 0 aliphatic carbocycles. The minimum absolute atomic E-state index is 0.0194. The molecule has 6 heteroatoms. The van der Waals surface area contributed by atoms with E-state index in [1.807, 2.05) is 0 Å². The molecule has 0 spiro atoms. The molecule has 0 aliphatic rings. The third-order valence-corrected chi connectivity index (χ3v) is 2.71. The molecule has 6 nitrogen and oxygen atoms in total.